The second kappa shape index (κ2) is 9.41. The van der Waals surface area contributed by atoms with Crippen molar-refractivity contribution >= 4 is 18.1 Å². The van der Waals surface area contributed by atoms with Crippen LogP contribution in [-0.4, -0.2) is 40.5 Å². The predicted octanol–water partition coefficient (Wildman–Crippen LogP) is 3.83. The Morgan fingerprint density at radius 1 is 1.21 bits per heavy atom. The first-order valence-electron chi connectivity index (χ1n) is 9.76. The number of ether oxygens (including phenoxy) is 1. The monoisotopic (exact) mass is 400 g/mol. The molecular formula is C22H29ClN4O. The molecule has 0 bridgehead atoms. The summed E-state index contributed by atoms with van der Waals surface area (Å²) in [5.74, 6) is 0.888. The molecule has 5 nitrogen and oxygen atoms in total. The van der Waals surface area contributed by atoms with Crippen LogP contribution in [0.5, 0.6) is 5.75 Å². The number of hydrogen-bond acceptors (Lipinski definition) is 4. The number of piperidine rings is 1. The number of nitrogens with one attached hydrogen (secondary N) is 1. The van der Waals surface area contributed by atoms with Crippen LogP contribution in [0, 0.1) is 6.92 Å². The van der Waals surface area contributed by atoms with Gasteiger partial charge in [0.15, 0.2) is 0 Å². The summed E-state index contributed by atoms with van der Waals surface area (Å²) in [5.41, 5.74) is 4.45. The summed E-state index contributed by atoms with van der Waals surface area (Å²) in [4.78, 5) is 7.19. The van der Waals surface area contributed by atoms with E-state index in [0.29, 0.717) is 12.6 Å². The smallest absolute Gasteiger partial charge is 0.140 e. The molecular weight excluding hydrogens is 372 g/mol. The van der Waals surface area contributed by atoms with Crippen LogP contribution >= 0.6 is 12.4 Å². The molecule has 150 valence electrons. The molecule has 1 aromatic carbocycles. The zero-order chi connectivity index (χ0) is 18.6. The van der Waals surface area contributed by atoms with E-state index in [1.807, 2.05) is 22.9 Å². The highest BCUT2D eigenvalue weighted by atomic mass is 35.5. The van der Waals surface area contributed by atoms with Gasteiger partial charge >= 0.3 is 0 Å². The van der Waals surface area contributed by atoms with Crippen LogP contribution in [0.2, 0.25) is 0 Å². The van der Waals surface area contributed by atoms with Crippen molar-refractivity contribution in [1.82, 2.24) is 19.6 Å². The van der Waals surface area contributed by atoms with Crippen LogP contribution in [-0.2, 0) is 13.2 Å². The number of pyridine rings is 1. The molecule has 1 saturated heterocycles. The van der Waals surface area contributed by atoms with E-state index >= 15 is 0 Å². The summed E-state index contributed by atoms with van der Waals surface area (Å²) in [6.45, 7) is 5.87. The van der Waals surface area contributed by atoms with Crippen molar-refractivity contribution in [2.45, 2.75) is 39.0 Å². The van der Waals surface area contributed by atoms with Gasteiger partial charge in [0, 0.05) is 31.5 Å². The topological polar surface area (TPSA) is 41.8 Å². The van der Waals surface area contributed by atoms with Gasteiger partial charge in [0.05, 0.1) is 5.69 Å². The van der Waals surface area contributed by atoms with Gasteiger partial charge in [-0.3, -0.25) is 4.90 Å². The molecule has 4 rings (SSSR count). The lowest BCUT2D eigenvalue weighted by molar-refractivity contribution is 0.188. The Hall–Kier alpha value is -2.08. The summed E-state index contributed by atoms with van der Waals surface area (Å²) in [6, 6.07) is 13.2. The molecule has 1 aliphatic heterocycles. The van der Waals surface area contributed by atoms with Crippen LogP contribution in [0.25, 0.3) is 5.65 Å². The summed E-state index contributed by atoms with van der Waals surface area (Å²) in [7, 11) is 2.06. The van der Waals surface area contributed by atoms with Crippen molar-refractivity contribution in [2.75, 3.05) is 20.1 Å². The minimum absolute atomic E-state index is 0. The molecule has 1 N–H and O–H groups in total. The third-order valence-electron chi connectivity index (χ3n) is 5.36. The Kier molecular flexibility index (Phi) is 6.94. The number of likely N-dealkylation sites (tertiary alicyclic amines) is 1. The van der Waals surface area contributed by atoms with Crippen LogP contribution in [0.1, 0.15) is 29.7 Å². The SMILES string of the molecule is CNC1CCCN(Cc2ccc(OCc3cn4cccc(C)c4n3)cc2)C1.Cl. The highest BCUT2D eigenvalue weighted by Crippen LogP contribution is 2.18. The standard InChI is InChI=1S/C22H28N4O.ClH/c1-17-5-3-12-26-15-20(24-22(17)26)16-27-21-9-7-18(8-10-21)13-25-11-4-6-19(14-25)23-2;/h3,5,7-10,12,15,19,23H,4,6,11,13-14,16H2,1-2H3;1H. The summed E-state index contributed by atoms with van der Waals surface area (Å²) in [6.07, 6.45) is 6.60. The summed E-state index contributed by atoms with van der Waals surface area (Å²) < 4.78 is 7.99. The Bertz CT molecular complexity index is 893. The maximum atomic E-state index is 5.94. The van der Waals surface area contributed by atoms with E-state index < -0.39 is 0 Å². The average Bonchev–Trinajstić information content (AvgIpc) is 3.12. The fraction of sp³-hybridized carbons (Fsp3) is 0.409. The number of likely N-dealkylation sites (N-methyl/N-ethyl adjacent to an activating group) is 1. The third-order valence-corrected chi connectivity index (χ3v) is 5.36. The Labute approximate surface area is 173 Å². The van der Waals surface area contributed by atoms with Gasteiger partial charge in [0.25, 0.3) is 0 Å². The highest BCUT2D eigenvalue weighted by Gasteiger charge is 2.18. The first-order valence-corrected chi connectivity index (χ1v) is 9.76. The van der Waals surface area contributed by atoms with Gasteiger partial charge in [-0.25, -0.2) is 4.98 Å². The van der Waals surface area contributed by atoms with Gasteiger partial charge in [-0.2, -0.15) is 0 Å². The number of benzene rings is 1. The lowest BCUT2D eigenvalue weighted by Crippen LogP contribution is -2.43. The molecule has 0 aliphatic carbocycles. The lowest BCUT2D eigenvalue weighted by atomic mass is 10.1. The molecule has 1 atom stereocenters. The quantitative estimate of drug-likeness (QED) is 0.682. The van der Waals surface area contributed by atoms with E-state index in [1.54, 1.807) is 0 Å². The molecule has 0 radical (unpaired) electrons. The molecule has 1 unspecified atom stereocenters. The number of nitrogens with zero attached hydrogens (tertiary/aromatic N) is 3. The van der Waals surface area contributed by atoms with Gasteiger partial charge < -0.3 is 14.5 Å². The minimum Gasteiger partial charge on any atom is -0.487 e. The average molecular weight is 401 g/mol. The second-order valence-electron chi connectivity index (χ2n) is 7.45. The number of aromatic nitrogens is 2. The summed E-state index contributed by atoms with van der Waals surface area (Å²) in [5, 5.41) is 3.40. The normalized spacial score (nSPS) is 17.4. The van der Waals surface area contributed by atoms with Gasteiger partial charge in [-0.1, -0.05) is 18.2 Å². The second-order valence-corrected chi connectivity index (χ2v) is 7.45. The van der Waals surface area contributed by atoms with Crippen LogP contribution < -0.4 is 10.1 Å². The van der Waals surface area contributed by atoms with Crippen LogP contribution in [0.4, 0.5) is 0 Å². The predicted molar refractivity (Wildman–Crippen MR) is 115 cm³/mol. The van der Waals surface area contributed by atoms with Crippen molar-refractivity contribution in [3.8, 4) is 5.75 Å². The largest absolute Gasteiger partial charge is 0.487 e. The molecule has 2 aromatic heterocycles. The number of aryl methyl sites for hydroxylation is 1. The fourth-order valence-electron chi connectivity index (χ4n) is 3.82. The molecule has 3 heterocycles. The van der Waals surface area contributed by atoms with E-state index in [9.17, 15) is 0 Å². The molecule has 6 heteroatoms. The first-order chi connectivity index (χ1) is 13.2. The van der Waals surface area contributed by atoms with Gasteiger partial charge in [0.2, 0.25) is 0 Å². The van der Waals surface area contributed by atoms with E-state index in [2.05, 4.69) is 59.5 Å². The molecule has 0 spiro atoms. The zero-order valence-electron chi connectivity index (χ0n) is 16.6. The Morgan fingerprint density at radius 3 is 2.79 bits per heavy atom. The van der Waals surface area contributed by atoms with Gasteiger partial charge in [-0.05, 0) is 62.7 Å². The maximum Gasteiger partial charge on any atom is 0.140 e. The fourth-order valence-corrected chi connectivity index (χ4v) is 3.82. The van der Waals surface area contributed by atoms with E-state index in [4.69, 9.17) is 4.74 Å². The maximum absolute atomic E-state index is 5.94. The van der Waals surface area contributed by atoms with Crippen molar-refractivity contribution in [2.24, 2.45) is 0 Å². The van der Waals surface area contributed by atoms with Crippen LogP contribution in [0.3, 0.4) is 0 Å². The van der Waals surface area contributed by atoms with Crippen molar-refractivity contribution < 1.29 is 4.74 Å². The Balaban J connectivity index is 0.00000225. The number of imidazole rings is 1. The van der Waals surface area contributed by atoms with Gasteiger partial charge in [0.1, 0.15) is 18.0 Å². The van der Waals surface area contributed by atoms with Crippen LogP contribution in [0.15, 0.2) is 48.8 Å². The minimum atomic E-state index is 0. The first kappa shape index (κ1) is 20.6. The molecule has 1 fully saturated rings. The zero-order valence-corrected chi connectivity index (χ0v) is 17.4. The molecule has 28 heavy (non-hydrogen) atoms. The number of rotatable bonds is 6. The third kappa shape index (κ3) is 4.85. The molecule has 3 aromatic rings. The van der Waals surface area contributed by atoms with Gasteiger partial charge in [-0.15, -0.1) is 12.4 Å². The molecule has 1 aliphatic rings. The molecule has 0 amide bonds. The number of halogens is 1. The number of fused-ring (bicyclic) bond motifs is 1. The van der Waals surface area contributed by atoms with Crippen molar-refractivity contribution in [3.63, 3.8) is 0 Å². The number of hydrogen-bond donors (Lipinski definition) is 1. The van der Waals surface area contributed by atoms with E-state index in [0.717, 1.165) is 30.2 Å². The Morgan fingerprint density at radius 2 is 2.04 bits per heavy atom. The van der Waals surface area contributed by atoms with E-state index in [1.165, 1.54) is 30.5 Å². The highest BCUT2D eigenvalue weighted by molar-refractivity contribution is 5.85. The summed E-state index contributed by atoms with van der Waals surface area (Å²) >= 11 is 0. The molecule has 0 saturated carbocycles. The van der Waals surface area contributed by atoms with Crippen molar-refractivity contribution in [3.05, 3.63) is 65.6 Å². The van der Waals surface area contributed by atoms with E-state index in [-0.39, 0.29) is 12.4 Å². The lowest BCUT2D eigenvalue weighted by Gasteiger charge is -2.32. The van der Waals surface area contributed by atoms with Crippen molar-refractivity contribution in [1.29, 1.82) is 0 Å².